The van der Waals surface area contributed by atoms with E-state index in [-0.39, 0.29) is 18.2 Å². The van der Waals surface area contributed by atoms with E-state index in [1.165, 1.54) is 0 Å². The lowest BCUT2D eigenvalue weighted by atomic mass is 10.0. The number of rotatable bonds is 10. The zero-order chi connectivity index (χ0) is 22.8. The van der Waals surface area contributed by atoms with Crippen molar-refractivity contribution >= 4 is 11.8 Å². The maximum Gasteiger partial charge on any atom is 0.243 e. The molecule has 1 N–H and O–H groups in total. The normalized spacial score (nSPS) is 11.6. The van der Waals surface area contributed by atoms with Crippen molar-refractivity contribution in [2.75, 3.05) is 6.54 Å². The van der Waals surface area contributed by atoms with Gasteiger partial charge in [0, 0.05) is 19.5 Å². The largest absolute Gasteiger partial charge is 0.354 e. The SMILES string of the molecule is CCCNC(=O)C(Cc1ccccc1)N(Cc1ccccc1)C(=O)Cc1ccc(C)cc1. The van der Waals surface area contributed by atoms with E-state index in [1.807, 2.05) is 98.8 Å². The van der Waals surface area contributed by atoms with E-state index in [0.29, 0.717) is 19.5 Å². The Morgan fingerprint density at radius 3 is 2.00 bits per heavy atom. The van der Waals surface area contributed by atoms with Gasteiger partial charge in [0.05, 0.1) is 6.42 Å². The van der Waals surface area contributed by atoms with E-state index < -0.39 is 6.04 Å². The second kappa shape index (κ2) is 11.8. The first-order valence-electron chi connectivity index (χ1n) is 11.3. The van der Waals surface area contributed by atoms with Gasteiger partial charge in [0.25, 0.3) is 0 Å². The highest BCUT2D eigenvalue weighted by molar-refractivity contribution is 5.88. The fraction of sp³-hybridized carbons (Fsp3) is 0.286. The molecule has 0 saturated heterocycles. The lowest BCUT2D eigenvalue weighted by molar-refractivity contribution is -0.140. The van der Waals surface area contributed by atoms with Gasteiger partial charge in [0.15, 0.2) is 0 Å². The van der Waals surface area contributed by atoms with Gasteiger partial charge >= 0.3 is 0 Å². The Bertz CT molecular complexity index is 985. The maximum absolute atomic E-state index is 13.6. The molecule has 3 aromatic carbocycles. The number of aryl methyl sites for hydroxylation is 1. The minimum atomic E-state index is -0.581. The molecule has 0 saturated carbocycles. The molecule has 4 nitrogen and oxygen atoms in total. The summed E-state index contributed by atoms with van der Waals surface area (Å²) in [5.41, 5.74) is 4.14. The third-order valence-electron chi connectivity index (χ3n) is 5.49. The molecule has 3 rings (SSSR count). The van der Waals surface area contributed by atoms with Gasteiger partial charge < -0.3 is 10.2 Å². The quantitative estimate of drug-likeness (QED) is 0.509. The van der Waals surface area contributed by atoms with Crippen LogP contribution in [0.3, 0.4) is 0 Å². The number of hydrogen-bond donors (Lipinski definition) is 1. The Balaban J connectivity index is 1.92. The molecule has 32 heavy (non-hydrogen) atoms. The van der Waals surface area contributed by atoms with Gasteiger partial charge in [-0.1, -0.05) is 97.4 Å². The molecule has 0 radical (unpaired) electrons. The Hall–Kier alpha value is -3.40. The van der Waals surface area contributed by atoms with Crippen LogP contribution in [0.2, 0.25) is 0 Å². The highest BCUT2D eigenvalue weighted by Crippen LogP contribution is 2.17. The van der Waals surface area contributed by atoms with Gasteiger partial charge in [-0.25, -0.2) is 0 Å². The molecule has 3 aromatic rings. The van der Waals surface area contributed by atoms with Gasteiger partial charge in [-0.15, -0.1) is 0 Å². The first kappa shape index (κ1) is 23.3. The third kappa shape index (κ3) is 6.81. The number of nitrogens with zero attached hydrogens (tertiary/aromatic N) is 1. The first-order valence-corrected chi connectivity index (χ1v) is 11.3. The average Bonchev–Trinajstić information content (AvgIpc) is 2.82. The molecule has 0 heterocycles. The number of amides is 2. The van der Waals surface area contributed by atoms with Crippen molar-refractivity contribution in [1.29, 1.82) is 0 Å². The summed E-state index contributed by atoms with van der Waals surface area (Å²) in [5, 5.41) is 3.01. The predicted molar refractivity (Wildman–Crippen MR) is 129 cm³/mol. The van der Waals surface area contributed by atoms with Crippen molar-refractivity contribution in [2.45, 2.75) is 45.7 Å². The summed E-state index contributed by atoms with van der Waals surface area (Å²) in [5.74, 6) is -0.158. The van der Waals surface area contributed by atoms with Crippen LogP contribution < -0.4 is 5.32 Å². The zero-order valence-electron chi connectivity index (χ0n) is 19.0. The van der Waals surface area contributed by atoms with Crippen LogP contribution in [-0.2, 0) is 29.0 Å². The van der Waals surface area contributed by atoms with Crippen LogP contribution in [0.5, 0.6) is 0 Å². The number of nitrogens with one attached hydrogen (secondary N) is 1. The van der Waals surface area contributed by atoms with Gasteiger partial charge in [-0.2, -0.15) is 0 Å². The van der Waals surface area contributed by atoms with Crippen LogP contribution in [0.25, 0.3) is 0 Å². The second-order valence-corrected chi connectivity index (χ2v) is 8.17. The molecule has 2 amide bonds. The van der Waals surface area contributed by atoms with Crippen molar-refractivity contribution < 1.29 is 9.59 Å². The van der Waals surface area contributed by atoms with Crippen molar-refractivity contribution in [3.8, 4) is 0 Å². The molecule has 0 aliphatic heterocycles. The standard InChI is InChI=1S/C28H32N2O2/c1-3-18-29-28(32)26(19-23-10-6-4-7-11-23)30(21-25-12-8-5-9-13-25)27(31)20-24-16-14-22(2)15-17-24/h4-17,26H,3,18-21H2,1-2H3,(H,29,32). The summed E-state index contributed by atoms with van der Waals surface area (Å²) in [6, 6.07) is 27.2. The van der Waals surface area contributed by atoms with Crippen LogP contribution in [0.15, 0.2) is 84.9 Å². The molecular formula is C28H32N2O2. The van der Waals surface area contributed by atoms with Crippen molar-refractivity contribution in [3.05, 3.63) is 107 Å². The Kier molecular flexibility index (Phi) is 8.61. The fourth-order valence-corrected chi connectivity index (χ4v) is 3.68. The molecule has 0 aliphatic rings. The van der Waals surface area contributed by atoms with Gasteiger partial charge in [-0.3, -0.25) is 9.59 Å². The molecule has 166 valence electrons. The summed E-state index contributed by atoms with van der Waals surface area (Å²) in [7, 11) is 0. The number of carbonyl (C=O) groups excluding carboxylic acids is 2. The summed E-state index contributed by atoms with van der Waals surface area (Å²) < 4.78 is 0. The molecular weight excluding hydrogens is 396 g/mol. The Morgan fingerprint density at radius 2 is 1.41 bits per heavy atom. The average molecular weight is 429 g/mol. The topological polar surface area (TPSA) is 49.4 Å². The fourth-order valence-electron chi connectivity index (χ4n) is 3.68. The Labute approximate surface area is 191 Å². The molecule has 0 aromatic heterocycles. The molecule has 1 unspecified atom stereocenters. The zero-order valence-corrected chi connectivity index (χ0v) is 19.0. The van der Waals surface area contributed by atoms with Gasteiger partial charge in [0.1, 0.15) is 6.04 Å². The van der Waals surface area contributed by atoms with E-state index in [1.54, 1.807) is 4.90 Å². The van der Waals surface area contributed by atoms with Crippen LogP contribution in [0.4, 0.5) is 0 Å². The van der Waals surface area contributed by atoms with Crippen molar-refractivity contribution in [2.24, 2.45) is 0 Å². The van der Waals surface area contributed by atoms with Gasteiger partial charge in [-0.05, 0) is 30.0 Å². The Morgan fingerprint density at radius 1 is 0.812 bits per heavy atom. The predicted octanol–water partition coefficient (Wildman–Crippen LogP) is 4.70. The third-order valence-corrected chi connectivity index (χ3v) is 5.49. The number of hydrogen-bond acceptors (Lipinski definition) is 2. The van der Waals surface area contributed by atoms with E-state index >= 15 is 0 Å². The lowest BCUT2D eigenvalue weighted by Gasteiger charge is -2.31. The van der Waals surface area contributed by atoms with E-state index in [9.17, 15) is 9.59 Å². The minimum absolute atomic E-state index is 0.0507. The minimum Gasteiger partial charge on any atom is -0.354 e. The van der Waals surface area contributed by atoms with Crippen molar-refractivity contribution in [1.82, 2.24) is 10.2 Å². The highest BCUT2D eigenvalue weighted by Gasteiger charge is 2.30. The number of benzene rings is 3. The van der Waals surface area contributed by atoms with Crippen LogP contribution in [0, 0.1) is 6.92 Å². The summed E-state index contributed by atoms with van der Waals surface area (Å²) in [4.78, 5) is 28.5. The first-order chi connectivity index (χ1) is 15.6. The van der Waals surface area contributed by atoms with E-state index in [2.05, 4.69) is 5.32 Å². The highest BCUT2D eigenvalue weighted by atomic mass is 16.2. The molecule has 0 bridgehead atoms. The monoisotopic (exact) mass is 428 g/mol. The summed E-state index contributed by atoms with van der Waals surface area (Å²) in [6.07, 6.45) is 1.59. The smallest absolute Gasteiger partial charge is 0.243 e. The van der Waals surface area contributed by atoms with Crippen molar-refractivity contribution in [3.63, 3.8) is 0 Å². The molecule has 0 spiro atoms. The summed E-state index contributed by atoms with van der Waals surface area (Å²) in [6.45, 7) is 5.04. The molecule has 0 fully saturated rings. The van der Waals surface area contributed by atoms with E-state index in [4.69, 9.17) is 0 Å². The van der Waals surface area contributed by atoms with Crippen LogP contribution in [-0.4, -0.2) is 29.3 Å². The van der Waals surface area contributed by atoms with Gasteiger partial charge in [0.2, 0.25) is 11.8 Å². The van der Waals surface area contributed by atoms with Crippen LogP contribution >= 0.6 is 0 Å². The van der Waals surface area contributed by atoms with Crippen LogP contribution in [0.1, 0.15) is 35.6 Å². The summed E-state index contributed by atoms with van der Waals surface area (Å²) >= 11 is 0. The molecule has 4 heteroatoms. The maximum atomic E-state index is 13.6. The van der Waals surface area contributed by atoms with E-state index in [0.717, 1.165) is 28.7 Å². The lowest BCUT2D eigenvalue weighted by Crippen LogP contribution is -2.51. The molecule has 0 aliphatic carbocycles. The second-order valence-electron chi connectivity index (χ2n) is 8.17. The molecule has 1 atom stereocenters. The number of carbonyl (C=O) groups is 2.